The molecule has 1 unspecified atom stereocenters. The van der Waals surface area contributed by atoms with Crippen molar-refractivity contribution in [3.05, 3.63) is 0 Å². The fourth-order valence-electron chi connectivity index (χ4n) is 1.97. The Morgan fingerprint density at radius 2 is 2.11 bits per heavy atom. The summed E-state index contributed by atoms with van der Waals surface area (Å²) >= 11 is 3.04. The summed E-state index contributed by atoms with van der Waals surface area (Å²) in [4.78, 5) is 11.2. The molecule has 1 aliphatic carbocycles. The predicted octanol–water partition coefficient (Wildman–Crippen LogP) is 3.35. The minimum atomic E-state index is -0.0412. The number of hydrogen-bond donors (Lipinski definition) is 1. The first kappa shape index (κ1) is 13.8. The van der Waals surface area contributed by atoms with Crippen LogP contribution in [0.15, 0.2) is 4.34 Å². The number of carbonyl (C=O) groups excluding carboxylic acids is 1. The van der Waals surface area contributed by atoms with Crippen LogP contribution in [0, 0.1) is 0 Å². The number of aromatic nitrogens is 2. The lowest BCUT2D eigenvalue weighted by atomic mass is 9.96. The maximum atomic E-state index is 11.2. The molecule has 2 rings (SSSR count). The van der Waals surface area contributed by atoms with Gasteiger partial charge in [0.25, 0.3) is 0 Å². The zero-order valence-corrected chi connectivity index (χ0v) is 12.4. The SMILES string of the molecule is CC(=O)C(C)Sc1nnc(NC2CCCCC2)s1. The van der Waals surface area contributed by atoms with E-state index in [1.54, 1.807) is 18.3 Å². The molecule has 0 aliphatic heterocycles. The molecular formula is C12H19N3OS2. The Hall–Kier alpha value is -0.620. The van der Waals surface area contributed by atoms with E-state index in [0.29, 0.717) is 6.04 Å². The molecule has 100 valence electrons. The smallest absolute Gasteiger partial charge is 0.206 e. The van der Waals surface area contributed by atoms with Gasteiger partial charge in [-0.2, -0.15) is 0 Å². The van der Waals surface area contributed by atoms with Crippen LogP contribution in [0.25, 0.3) is 0 Å². The van der Waals surface area contributed by atoms with Crippen molar-refractivity contribution in [2.24, 2.45) is 0 Å². The summed E-state index contributed by atoms with van der Waals surface area (Å²) < 4.78 is 0.871. The molecule has 1 atom stereocenters. The van der Waals surface area contributed by atoms with Crippen LogP contribution >= 0.6 is 23.1 Å². The van der Waals surface area contributed by atoms with E-state index in [1.807, 2.05) is 6.92 Å². The molecule has 0 spiro atoms. The summed E-state index contributed by atoms with van der Waals surface area (Å²) in [6.07, 6.45) is 6.42. The summed E-state index contributed by atoms with van der Waals surface area (Å²) in [5.41, 5.74) is 0. The van der Waals surface area contributed by atoms with E-state index in [4.69, 9.17) is 0 Å². The molecule has 1 fully saturated rings. The second kappa shape index (κ2) is 6.52. The standard InChI is InChI=1S/C12H19N3OS2/c1-8(16)9(2)17-12-15-14-11(18-12)13-10-6-4-3-5-7-10/h9-10H,3-7H2,1-2H3,(H,13,14). The van der Waals surface area contributed by atoms with Crippen LogP contribution in [0.2, 0.25) is 0 Å². The zero-order chi connectivity index (χ0) is 13.0. The van der Waals surface area contributed by atoms with E-state index in [2.05, 4.69) is 15.5 Å². The third-order valence-electron chi connectivity index (χ3n) is 3.19. The van der Waals surface area contributed by atoms with Crippen molar-refractivity contribution >= 4 is 34.0 Å². The number of nitrogens with zero attached hydrogens (tertiary/aromatic N) is 2. The highest BCUT2D eigenvalue weighted by Gasteiger charge is 2.17. The molecule has 1 aliphatic rings. The van der Waals surface area contributed by atoms with Crippen molar-refractivity contribution in [1.82, 2.24) is 10.2 Å². The first-order valence-electron chi connectivity index (χ1n) is 6.42. The zero-order valence-electron chi connectivity index (χ0n) is 10.8. The Morgan fingerprint density at radius 3 is 2.78 bits per heavy atom. The van der Waals surface area contributed by atoms with Crippen molar-refractivity contribution in [3.8, 4) is 0 Å². The Labute approximate surface area is 116 Å². The third-order valence-corrected chi connectivity index (χ3v) is 5.35. The van der Waals surface area contributed by atoms with Gasteiger partial charge >= 0.3 is 0 Å². The highest BCUT2D eigenvalue weighted by atomic mass is 32.2. The van der Waals surface area contributed by atoms with Gasteiger partial charge in [-0.05, 0) is 26.7 Å². The second-order valence-corrected chi connectivity index (χ2v) is 7.29. The normalized spacial score (nSPS) is 18.6. The van der Waals surface area contributed by atoms with Crippen LogP contribution in [0.4, 0.5) is 5.13 Å². The van der Waals surface area contributed by atoms with Gasteiger partial charge in [-0.3, -0.25) is 4.79 Å². The predicted molar refractivity (Wildman–Crippen MR) is 76.4 cm³/mol. The van der Waals surface area contributed by atoms with Crippen molar-refractivity contribution in [3.63, 3.8) is 0 Å². The summed E-state index contributed by atoms with van der Waals surface area (Å²) in [6, 6.07) is 0.551. The minimum Gasteiger partial charge on any atom is -0.357 e. The van der Waals surface area contributed by atoms with Crippen molar-refractivity contribution in [1.29, 1.82) is 0 Å². The molecule has 4 nitrogen and oxygen atoms in total. The number of ketones is 1. The molecule has 1 heterocycles. The van der Waals surface area contributed by atoms with Gasteiger partial charge in [0, 0.05) is 6.04 Å². The van der Waals surface area contributed by atoms with E-state index >= 15 is 0 Å². The van der Waals surface area contributed by atoms with E-state index in [1.165, 1.54) is 43.9 Å². The molecule has 0 amide bonds. The van der Waals surface area contributed by atoms with Crippen LogP contribution in [0.3, 0.4) is 0 Å². The number of carbonyl (C=O) groups is 1. The molecule has 1 N–H and O–H groups in total. The molecule has 6 heteroatoms. The number of nitrogens with one attached hydrogen (secondary N) is 1. The lowest BCUT2D eigenvalue weighted by Crippen LogP contribution is -2.21. The number of thioether (sulfide) groups is 1. The molecule has 1 aromatic heterocycles. The molecule has 18 heavy (non-hydrogen) atoms. The third kappa shape index (κ3) is 3.95. The van der Waals surface area contributed by atoms with Gasteiger partial charge in [-0.15, -0.1) is 10.2 Å². The quantitative estimate of drug-likeness (QED) is 0.841. The molecule has 0 bridgehead atoms. The first-order valence-corrected chi connectivity index (χ1v) is 8.12. The van der Waals surface area contributed by atoms with Gasteiger partial charge < -0.3 is 5.32 Å². The van der Waals surface area contributed by atoms with Gasteiger partial charge in [0.15, 0.2) is 4.34 Å². The summed E-state index contributed by atoms with van der Waals surface area (Å²) in [5, 5.41) is 12.6. The molecule has 1 saturated carbocycles. The second-order valence-electron chi connectivity index (χ2n) is 4.72. The maximum Gasteiger partial charge on any atom is 0.206 e. The summed E-state index contributed by atoms with van der Waals surface area (Å²) in [5.74, 6) is 0.178. The van der Waals surface area contributed by atoms with E-state index < -0.39 is 0 Å². The molecule has 0 aromatic carbocycles. The molecule has 1 aromatic rings. The van der Waals surface area contributed by atoms with Crippen molar-refractivity contribution in [2.45, 2.75) is 61.6 Å². The first-order chi connectivity index (χ1) is 8.65. The summed E-state index contributed by atoms with van der Waals surface area (Å²) in [6.45, 7) is 3.52. The topological polar surface area (TPSA) is 54.9 Å². The van der Waals surface area contributed by atoms with Crippen LogP contribution in [-0.4, -0.2) is 27.3 Å². The maximum absolute atomic E-state index is 11.2. The van der Waals surface area contributed by atoms with Gasteiger partial charge in [-0.1, -0.05) is 42.4 Å². The monoisotopic (exact) mass is 285 g/mol. The van der Waals surface area contributed by atoms with Crippen LogP contribution in [0.5, 0.6) is 0 Å². The van der Waals surface area contributed by atoms with Crippen molar-refractivity contribution in [2.75, 3.05) is 5.32 Å². The van der Waals surface area contributed by atoms with E-state index in [0.717, 1.165) is 9.47 Å². The average Bonchev–Trinajstić information content (AvgIpc) is 2.77. The fourth-order valence-corrected chi connectivity index (χ4v) is 3.94. The highest BCUT2D eigenvalue weighted by Crippen LogP contribution is 2.30. The van der Waals surface area contributed by atoms with Gasteiger partial charge in [-0.25, -0.2) is 0 Å². The van der Waals surface area contributed by atoms with Crippen molar-refractivity contribution < 1.29 is 4.79 Å². The molecular weight excluding hydrogens is 266 g/mol. The van der Waals surface area contributed by atoms with Gasteiger partial charge in [0.05, 0.1) is 5.25 Å². The Morgan fingerprint density at radius 1 is 1.39 bits per heavy atom. The molecule has 0 saturated heterocycles. The number of rotatable bonds is 5. The summed E-state index contributed by atoms with van der Waals surface area (Å²) in [7, 11) is 0. The largest absolute Gasteiger partial charge is 0.357 e. The number of anilines is 1. The Kier molecular flexibility index (Phi) is 5.00. The lowest BCUT2D eigenvalue weighted by molar-refractivity contribution is -0.116. The molecule has 0 radical (unpaired) electrons. The van der Waals surface area contributed by atoms with Gasteiger partial charge in [0.1, 0.15) is 5.78 Å². The van der Waals surface area contributed by atoms with Crippen LogP contribution in [-0.2, 0) is 4.79 Å². The number of hydrogen-bond acceptors (Lipinski definition) is 6. The highest BCUT2D eigenvalue weighted by molar-refractivity contribution is 8.02. The van der Waals surface area contributed by atoms with Gasteiger partial charge in [0.2, 0.25) is 5.13 Å². The Balaban J connectivity index is 1.87. The Bertz CT molecular complexity index is 402. The van der Waals surface area contributed by atoms with Crippen LogP contribution in [0.1, 0.15) is 46.0 Å². The fraction of sp³-hybridized carbons (Fsp3) is 0.750. The van der Waals surface area contributed by atoms with E-state index in [-0.39, 0.29) is 11.0 Å². The average molecular weight is 285 g/mol. The van der Waals surface area contributed by atoms with E-state index in [9.17, 15) is 4.79 Å². The van der Waals surface area contributed by atoms with Crippen LogP contribution < -0.4 is 5.32 Å². The number of Topliss-reactive ketones (excluding diaryl/α,β-unsaturated/α-hetero) is 1. The lowest BCUT2D eigenvalue weighted by Gasteiger charge is -2.21. The minimum absolute atomic E-state index is 0.0412.